The van der Waals surface area contributed by atoms with Gasteiger partial charge in [0, 0.05) is 12.2 Å². The standard InChI is InChI=1S/C27H36N2O/c1-7-23-15-12-16-24(8-2)26(23)27-21(4)25(30-6)17-20(3)29(27)19-28(5)18-22-13-10-9-11-14-22/h9-17,27H,7-8,18-19H2,1-6H3. The van der Waals surface area contributed by atoms with Gasteiger partial charge in [-0.2, -0.15) is 0 Å². The normalized spacial score (nSPS) is 16.8. The minimum Gasteiger partial charge on any atom is -0.497 e. The first-order valence-corrected chi connectivity index (χ1v) is 11.0. The number of methoxy groups -OCH3 is 1. The van der Waals surface area contributed by atoms with Gasteiger partial charge in [-0.15, -0.1) is 0 Å². The fraction of sp³-hybridized carbons (Fsp3) is 0.407. The molecular formula is C27H36N2O. The molecule has 0 bridgehead atoms. The molecule has 1 aliphatic rings. The molecule has 160 valence electrons. The highest BCUT2D eigenvalue weighted by atomic mass is 16.5. The van der Waals surface area contributed by atoms with Crippen molar-refractivity contribution in [2.24, 2.45) is 0 Å². The van der Waals surface area contributed by atoms with Crippen LogP contribution in [0.3, 0.4) is 0 Å². The maximum absolute atomic E-state index is 5.78. The highest BCUT2D eigenvalue weighted by molar-refractivity contribution is 5.46. The zero-order valence-corrected chi connectivity index (χ0v) is 19.4. The van der Waals surface area contributed by atoms with E-state index in [-0.39, 0.29) is 6.04 Å². The van der Waals surface area contributed by atoms with Crippen LogP contribution < -0.4 is 0 Å². The average Bonchev–Trinajstić information content (AvgIpc) is 2.76. The highest BCUT2D eigenvalue weighted by Crippen LogP contribution is 2.41. The third-order valence-electron chi connectivity index (χ3n) is 6.13. The van der Waals surface area contributed by atoms with E-state index in [4.69, 9.17) is 4.74 Å². The van der Waals surface area contributed by atoms with E-state index >= 15 is 0 Å². The van der Waals surface area contributed by atoms with Crippen LogP contribution in [0.4, 0.5) is 0 Å². The summed E-state index contributed by atoms with van der Waals surface area (Å²) in [5.74, 6) is 0.993. The lowest BCUT2D eigenvalue weighted by molar-refractivity contribution is 0.144. The average molecular weight is 405 g/mol. The quantitative estimate of drug-likeness (QED) is 0.530. The van der Waals surface area contributed by atoms with Gasteiger partial charge >= 0.3 is 0 Å². The Morgan fingerprint density at radius 2 is 1.57 bits per heavy atom. The Bertz CT molecular complexity index is 891. The van der Waals surface area contributed by atoms with Gasteiger partial charge in [-0.1, -0.05) is 62.4 Å². The van der Waals surface area contributed by atoms with Crippen molar-refractivity contribution in [2.75, 3.05) is 20.8 Å². The summed E-state index contributed by atoms with van der Waals surface area (Å²) in [4.78, 5) is 4.93. The molecule has 2 aromatic carbocycles. The monoisotopic (exact) mass is 404 g/mol. The van der Waals surface area contributed by atoms with Crippen LogP contribution in [-0.2, 0) is 24.1 Å². The van der Waals surface area contributed by atoms with E-state index < -0.39 is 0 Å². The number of hydrogen-bond donors (Lipinski definition) is 0. The summed E-state index contributed by atoms with van der Waals surface area (Å²) in [7, 11) is 3.98. The molecule has 30 heavy (non-hydrogen) atoms. The second kappa shape index (κ2) is 9.99. The van der Waals surface area contributed by atoms with Crippen molar-refractivity contribution in [1.82, 2.24) is 9.80 Å². The van der Waals surface area contributed by atoms with Crippen LogP contribution in [-0.4, -0.2) is 30.6 Å². The minimum atomic E-state index is 0.189. The summed E-state index contributed by atoms with van der Waals surface area (Å²) < 4.78 is 5.78. The van der Waals surface area contributed by atoms with Gasteiger partial charge in [0.15, 0.2) is 0 Å². The number of nitrogens with zero attached hydrogens (tertiary/aromatic N) is 2. The Kier molecular flexibility index (Phi) is 7.38. The van der Waals surface area contributed by atoms with E-state index in [1.165, 1.54) is 33.5 Å². The lowest BCUT2D eigenvalue weighted by Crippen LogP contribution is -2.40. The molecule has 1 heterocycles. The first kappa shape index (κ1) is 22.2. The molecule has 1 atom stereocenters. The van der Waals surface area contributed by atoms with Gasteiger partial charge in [-0.25, -0.2) is 0 Å². The van der Waals surface area contributed by atoms with E-state index in [1.54, 1.807) is 7.11 Å². The number of rotatable bonds is 8. The Hall–Kier alpha value is -2.52. The van der Waals surface area contributed by atoms with Crippen LogP contribution in [0, 0.1) is 0 Å². The molecule has 1 aliphatic heterocycles. The molecule has 0 fully saturated rings. The molecule has 0 saturated heterocycles. The van der Waals surface area contributed by atoms with Crippen LogP contribution in [0.5, 0.6) is 0 Å². The Morgan fingerprint density at radius 3 is 2.13 bits per heavy atom. The molecule has 0 amide bonds. The number of allylic oxidation sites excluding steroid dienone is 2. The summed E-state index contributed by atoms with van der Waals surface area (Å²) in [6.07, 6.45) is 4.25. The van der Waals surface area contributed by atoms with E-state index in [2.05, 4.69) is 99.1 Å². The molecule has 0 radical (unpaired) electrons. The third-order valence-corrected chi connectivity index (χ3v) is 6.13. The third kappa shape index (κ3) is 4.62. The molecule has 3 nitrogen and oxygen atoms in total. The van der Waals surface area contributed by atoms with Crippen molar-refractivity contribution in [2.45, 2.75) is 53.1 Å². The molecule has 3 rings (SSSR count). The van der Waals surface area contributed by atoms with Gasteiger partial charge < -0.3 is 9.64 Å². The molecule has 2 aromatic rings. The first-order valence-electron chi connectivity index (χ1n) is 11.0. The molecule has 0 spiro atoms. The number of aryl methyl sites for hydroxylation is 2. The summed E-state index contributed by atoms with van der Waals surface area (Å²) in [5, 5.41) is 0. The van der Waals surface area contributed by atoms with Gasteiger partial charge in [0.05, 0.1) is 19.8 Å². The van der Waals surface area contributed by atoms with E-state index in [0.717, 1.165) is 31.8 Å². The minimum absolute atomic E-state index is 0.189. The lowest BCUT2D eigenvalue weighted by atomic mass is 9.85. The fourth-order valence-corrected chi connectivity index (χ4v) is 4.58. The molecule has 0 N–H and O–H groups in total. The number of benzene rings is 2. The van der Waals surface area contributed by atoms with E-state index in [1.807, 2.05) is 0 Å². The first-order chi connectivity index (χ1) is 14.5. The van der Waals surface area contributed by atoms with E-state index in [9.17, 15) is 0 Å². The summed E-state index contributed by atoms with van der Waals surface area (Å²) in [5.41, 5.74) is 8.18. The zero-order valence-electron chi connectivity index (χ0n) is 19.4. The molecule has 3 heteroatoms. The molecule has 0 aliphatic carbocycles. The SMILES string of the molecule is CCc1cccc(CC)c1C1C(C)=C(OC)C=C(C)N1CN(C)Cc1ccccc1. The van der Waals surface area contributed by atoms with E-state index in [0.29, 0.717) is 0 Å². The molecular weight excluding hydrogens is 368 g/mol. The lowest BCUT2D eigenvalue weighted by Gasteiger charge is -2.42. The number of hydrogen-bond acceptors (Lipinski definition) is 3. The molecule has 0 saturated carbocycles. The van der Waals surface area contributed by atoms with Crippen LogP contribution in [0.25, 0.3) is 0 Å². The zero-order chi connectivity index (χ0) is 21.7. The maximum atomic E-state index is 5.78. The topological polar surface area (TPSA) is 15.7 Å². The van der Waals surface area contributed by atoms with Crippen molar-refractivity contribution < 1.29 is 4.74 Å². The number of ether oxygens (including phenoxy) is 1. The second-order valence-electron chi connectivity index (χ2n) is 8.25. The predicted octanol–water partition coefficient (Wildman–Crippen LogP) is 6.08. The fourth-order valence-electron chi connectivity index (χ4n) is 4.58. The molecule has 0 aromatic heterocycles. The predicted molar refractivity (Wildman–Crippen MR) is 126 cm³/mol. The van der Waals surface area contributed by atoms with Crippen LogP contribution in [0.15, 0.2) is 71.6 Å². The van der Waals surface area contributed by atoms with Gasteiger partial charge in [0.1, 0.15) is 5.76 Å². The van der Waals surface area contributed by atoms with Gasteiger partial charge in [-0.3, -0.25) is 4.90 Å². The van der Waals surface area contributed by atoms with Crippen molar-refractivity contribution >= 4 is 0 Å². The summed E-state index contributed by atoms with van der Waals surface area (Å²) >= 11 is 0. The van der Waals surface area contributed by atoms with Crippen molar-refractivity contribution in [3.63, 3.8) is 0 Å². The van der Waals surface area contributed by atoms with Crippen LogP contribution in [0.1, 0.15) is 56.0 Å². The van der Waals surface area contributed by atoms with Gasteiger partial charge in [-0.05, 0) is 67.6 Å². The Labute approximate surface area is 182 Å². The van der Waals surface area contributed by atoms with Crippen molar-refractivity contribution in [3.05, 3.63) is 93.9 Å². The largest absolute Gasteiger partial charge is 0.497 e. The smallest absolute Gasteiger partial charge is 0.121 e. The maximum Gasteiger partial charge on any atom is 0.121 e. The van der Waals surface area contributed by atoms with Gasteiger partial charge in [0.2, 0.25) is 0 Å². The summed E-state index contributed by atoms with van der Waals surface area (Å²) in [6.45, 7) is 10.7. The van der Waals surface area contributed by atoms with Crippen molar-refractivity contribution in [3.8, 4) is 0 Å². The van der Waals surface area contributed by atoms with Crippen molar-refractivity contribution in [1.29, 1.82) is 0 Å². The van der Waals surface area contributed by atoms with Gasteiger partial charge in [0.25, 0.3) is 0 Å². The van der Waals surface area contributed by atoms with Crippen LogP contribution >= 0.6 is 0 Å². The summed E-state index contributed by atoms with van der Waals surface area (Å²) in [6, 6.07) is 17.7. The Morgan fingerprint density at radius 1 is 0.933 bits per heavy atom. The second-order valence-corrected chi connectivity index (χ2v) is 8.25. The highest BCUT2D eigenvalue weighted by Gasteiger charge is 2.32. The van der Waals surface area contributed by atoms with Crippen LogP contribution in [0.2, 0.25) is 0 Å². The Balaban J connectivity index is 2.01. The molecule has 1 unspecified atom stereocenters.